The van der Waals surface area contributed by atoms with Crippen molar-refractivity contribution in [3.63, 3.8) is 0 Å². The number of ether oxygens (including phenoxy) is 1. The van der Waals surface area contributed by atoms with Crippen molar-refractivity contribution < 1.29 is 14.9 Å². The van der Waals surface area contributed by atoms with Gasteiger partial charge in [-0.1, -0.05) is 12.1 Å². The number of H-pyrrole nitrogens is 1. The number of hydrogen-bond donors (Lipinski definition) is 3. The maximum Gasteiger partial charge on any atom is 0.189 e. The van der Waals surface area contributed by atoms with Crippen LogP contribution in [0.15, 0.2) is 35.1 Å². The fourth-order valence-electron chi connectivity index (χ4n) is 3.99. The Bertz CT molecular complexity index is 810. The molecule has 25 heavy (non-hydrogen) atoms. The fourth-order valence-corrected chi connectivity index (χ4v) is 3.99. The number of aliphatic hydroxyl groups excluding tert-OH is 2. The molecule has 1 spiro atoms. The van der Waals surface area contributed by atoms with Crippen molar-refractivity contribution in [3.8, 4) is 0 Å². The molecule has 4 rings (SSSR count). The number of likely N-dealkylation sites (tertiary alicyclic amines) is 1. The van der Waals surface area contributed by atoms with Crippen LogP contribution in [0, 0.1) is 0 Å². The summed E-state index contributed by atoms with van der Waals surface area (Å²) < 4.78 is 5.87. The van der Waals surface area contributed by atoms with Gasteiger partial charge in [0.15, 0.2) is 5.43 Å². The van der Waals surface area contributed by atoms with E-state index in [4.69, 9.17) is 4.74 Å². The molecule has 134 valence electrons. The van der Waals surface area contributed by atoms with E-state index in [1.807, 2.05) is 24.3 Å². The van der Waals surface area contributed by atoms with Gasteiger partial charge < -0.3 is 19.9 Å². The van der Waals surface area contributed by atoms with Crippen molar-refractivity contribution in [2.75, 3.05) is 19.7 Å². The second kappa shape index (κ2) is 6.53. The van der Waals surface area contributed by atoms with Crippen molar-refractivity contribution in [2.45, 2.75) is 43.6 Å². The summed E-state index contributed by atoms with van der Waals surface area (Å²) in [5.74, 6) is 0. The highest BCUT2D eigenvalue weighted by atomic mass is 16.5. The second-order valence-corrected chi connectivity index (χ2v) is 7.31. The number of nitrogens with one attached hydrogen (secondary N) is 1. The van der Waals surface area contributed by atoms with Crippen molar-refractivity contribution in [2.24, 2.45) is 0 Å². The summed E-state index contributed by atoms with van der Waals surface area (Å²) >= 11 is 0. The van der Waals surface area contributed by atoms with E-state index < -0.39 is 12.2 Å². The van der Waals surface area contributed by atoms with E-state index in [1.54, 1.807) is 6.07 Å². The predicted molar refractivity (Wildman–Crippen MR) is 94.4 cm³/mol. The lowest BCUT2D eigenvalue weighted by Gasteiger charge is -2.46. The van der Waals surface area contributed by atoms with Gasteiger partial charge in [0.25, 0.3) is 0 Å². The summed E-state index contributed by atoms with van der Waals surface area (Å²) in [4.78, 5) is 17.9. The Kier molecular flexibility index (Phi) is 4.37. The summed E-state index contributed by atoms with van der Waals surface area (Å²) in [5.41, 5.74) is 1.52. The van der Waals surface area contributed by atoms with E-state index in [0.717, 1.165) is 37.1 Å². The predicted octanol–water partition coefficient (Wildman–Crippen LogP) is 1.00. The minimum absolute atomic E-state index is 0.0468. The normalized spacial score (nSPS) is 27.0. The highest BCUT2D eigenvalue weighted by Crippen LogP contribution is 2.35. The average molecular weight is 344 g/mol. The molecule has 0 unspecified atom stereocenters. The number of piperidine rings is 1. The Morgan fingerprint density at radius 2 is 1.96 bits per heavy atom. The number of rotatable bonds is 2. The van der Waals surface area contributed by atoms with Crippen LogP contribution in [-0.2, 0) is 11.3 Å². The van der Waals surface area contributed by atoms with E-state index >= 15 is 0 Å². The first-order valence-electron chi connectivity index (χ1n) is 8.88. The third-order valence-electron chi connectivity index (χ3n) is 5.54. The molecule has 2 fully saturated rings. The first kappa shape index (κ1) is 16.7. The minimum Gasteiger partial charge on any atom is -0.390 e. The van der Waals surface area contributed by atoms with Crippen molar-refractivity contribution in [3.05, 3.63) is 46.2 Å². The van der Waals surface area contributed by atoms with E-state index in [0.29, 0.717) is 18.4 Å². The monoisotopic (exact) mass is 344 g/mol. The van der Waals surface area contributed by atoms with Crippen LogP contribution in [0.1, 0.15) is 25.0 Å². The van der Waals surface area contributed by atoms with Crippen LogP contribution in [0.25, 0.3) is 10.9 Å². The Morgan fingerprint density at radius 1 is 1.20 bits per heavy atom. The second-order valence-electron chi connectivity index (χ2n) is 7.31. The Labute approximate surface area is 146 Å². The zero-order chi connectivity index (χ0) is 17.4. The van der Waals surface area contributed by atoms with E-state index in [2.05, 4.69) is 9.88 Å². The van der Waals surface area contributed by atoms with E-state index in [9.17, 15) is 15.0 Å². The molecule has 2 atom stereocenters. The maximum atomic E-state index is 12.2. The van der Waals surface area contributed by atoms with Crippen LogP contribution in [0.5, 0.6) is 0 Å². The topological polar surface area (TPSA) is 85.8 Å². The molecule has 2 saturated heterocycles. The molecule has 2 aromatic rings. The molecule has 0 amide bonds. The summed E-state index contributed by atoms with van der Waals surface area (Å²) in [6.07, 6.45) is 0.682. The summed E-state index contributed by atoms with van der Waals surface area (Å²) in [5, 5.41) is 20.3. The molecule has 0 aliphatic carbocycles. The Balaban J connectivity index is 1.43. The SMILES string of the molecule is O=c1cc(CN2CCC3(CC2)C[C@@H](O)[C@@H](O)CO3)[nH]c2ccccc12. The Hall–Kier alpha value is -1.73. The highest BCUT2D eigenvalue weighted by Gasteiger charge is 2.42. The van der Waals surface area contributed by atoms with Gasteiger partial charge in [0, 0.05) is 48.7 Å². The van der Waals surface area contributed by atoms with E-state index in [1.165, 1.54) is 0 Å². The molecule has 6 nitrogen and oxygen atoms in total. The molecule has 6 heteroatoms. The number of pyridine rings is 1. The molecule has 2 aliphatic rings. The van der Waals surface area contributed by atoms with Gasteiger partial charge in [-0.25, -0.2) is 0 Å². The quantitative estimate of drug-likeness (QED) is 0.757. The zero-order valence-corrected chi connectivity index (χ0v) is 14.1. The molecule has 3 heterocycles. The van der Waals surface area contributed by atoms with Gasteiger partial charge >= 0.3 is 0 Å². The first-order valence-corrected chi connectivity index (χ1v) is 8.88. The van der Waals surface area contributed by atoms with Crippen LogP contribution in [0.4, 0.5) is 0 Å². The number of para-hydroxylation sites is 1. The van der Waals surface area contributed by atoms with Gasteiger partial charge in [-0.05, 0) is 25.0 Å². The fraction of sp³-hybridized carbons (Fsp3) is 0.526. The average Bonchev–Trinajstić information content (AvgIpc) is 2.61. The van der Waals surface area contributed by atoms with Gasteiger partial charge in [0.1, 0.15) is 6.10 Å². The number of aromatic amines is 1. The van der Waals surface area contributed by atoms with Crippen LogP contribution < -0.4 is 5.43 Å². The summed E-state index contributed by atoms with van der Waals surface area (Å²) in [6, 6.07) is 9.24. The smallest absolute Gasteiger partial charge is 0.189 e. The molecule has 2 aliphatic heterocycles. The summed E-state index contributed by atoms with van der Waals surface area (Å²) in [6.45, 7) is 2.59. The lowest BCUT2D eigenvalue weighted by molar-refractivity contribution is -0.188. The number of aliphatic hydroxyl groups is 2. The van der Waals surface area contributed by atoms with Crippen molar-refractivity contribution >= 4 is 10.9 Å². The maximum absolute atomic E-state index is 12.2. The molecule has 3 N–H and O–H groups in total. The molecule has 0 saturated carbocycles. The van der Waals surface area contributed by atoms with Gasteiger partial charge in [-0.3, -0.25) is 9.69 Å². The number of fused-ring (bicyclic) bond motifs is 1. The molecule has 0 radical (unpaired) electrons. The minimum atomic E-state index is -0.772. The summed E-state index contributed by atoms with van der Waals surface area (Å²) in [7, 11) is 0. The third-order valence-corrected chi connectivity index (χ3v) is 5.54. The van der Waals surface area contributed by atoms with Crippen molar-refractivity contribution in [1.29, 1.82) is 0 Å². The van der Waals surface area contributed by atoms with Gasteiger partial charge in [0.05, 0.1) is 18.3 Å². The number of benzene rings is 1. The number of hydrogen-bond acceptors (Lipinski definition) is 5. The van der Waals surface area contributed by atoms with Crippen LogP contribution in [0.3, 0.4) is 0 Å². The first-order chi connectivity index (χ1) is 12.0. The van der Waals surface area contributed by atoms with Crippen LogP contribution >= 0.6 is 0 Å². The van der Waals surface area contributed by atoms with Crippen LogP contribution in [0.2, 0.25) is 0 Å². The Morgan fingerprint density at radius 3 is 2.72 bits per heavy atom. The van der Waals surface area contributed by atoms with E-state index in [-0.39, 0.29) is 17.6 Å². The zero-order valence-electron chi connectivity index (χ0n) is 14.1. The standard InChI is InChI=1S/C19H24N2O4/c22-16-9-13(20-15-4-2-1-3-14(15)16)11-21-7-5-19(6-8-21)10-17(23)18(24)12-25-19/h1-4,9,17-18,23-24H,5-8,10-12H2,(H,20,22)/t17-,18+/m1/s1. The number of nitrogens with zero attached hydrogens (tertiary/aromatic N) is 1. The molecule has 1 aromatic heterocycles. The number of aromatic nitrogens is 1. The molecule has 0 bridgehead atoms. The van der Waals surface area contributed by atoms with Crippen LogP contribution in [-0.4, -0.2) is 57.6 Å². The highest BCUT2D eigenvalue weighted by molar-refractivity contribution is 5.78. The largest absolute Gasteiger partial charge is 0.390 e. The van der Waals surface area contributed by atoms with Crippen molar-refractivity contribution in [1.82, 2.24) is 9.88 Å². The molecular formula is C19H24N2O4. The lowest BCUT2D eigenvalue weighted by atomic mass is 9.82. The van der Waals surface area contributed by atoms with Gasteiger partial charge in [0.2, 0.25) is 0 Å². The molecular weight excluding hydrogens is 320 g/mol. The third kappa shape index (κ3) is 3.35. The van der Waals surface area contributed by atoms with Gasteiger partial charge in [-0.15, -0.1) is 0 Å². The lowest BCUT2D eigenvalue weighted by Crippen LogP contribution is -2.54. The molecule has 1 aromatic carbocycles. The van der Waals surface area contributed by atoms with Gasteiger partial charge in [-0.2, -0.15) is 0 Å².